The first-order chi connectivity index (χ1) is 7.25. The molecule has 2 aromatic rings. The van der Waals surface area contributed by atoms with Crippen molar-refractivity contribution in [3.05, 3.63) is 46.2 Å². The van der Waals surface area contributed by atoms with Crippen LogP contribution < -0.4 is 0 Å². The van der Waals surface area contributed by atoms with Gasteiger partial charge in [-0.3, -0.25) is 14.8 Å². The van der Waals surface area contributed by atoms with Crippen LogP contribution in [0.4, 0.5) is 0 Å². The second-order valence-corrected chi connectivity index (χ2v) is 4.26. The first kappa shape index (κ1) is 9.98. The van der Waals surface area contributed by atoms with Crippen molar-refractivity contribution in [1.29, 1.82) is 0 Å². The molecule has 0 spiro atoms. The van der Waals surface area contributed by atoms with Gasteiger partial charge in [0.15, 0.2) is 5.78 Å². The molecular formula is C11H10N2OS. The SMILES string of the molecule is Cc1ccnc(C(=O)Cc2cncs2)c1. The highest BCUT2D eigenvalue weighted by Crippen LogP contribution is 2.10. The monoisotopic (exact) mass is 218 g/mol. The van der Waals surface area contributed by atoms with E-state index in [2.05, 4.69) is 9.97 Å². The topological polar surface area (TPSA) is 42.9 Å². The van der Waals surface area contributed by atoms with E-state index in [1.54, 1.807) is 17.9 Å². The molecule has 0 aliphatic carbocycles. The molecule has 0 N–H and O–H groups in total. The number of pyridine rings is 1. The van der Waals surface area contributed by atoms with E-state index in [0.29, 0.717) is 12.1 Å². The lowest BCUT2D eigenvalue weighted by atomic mass is 10.1. The van der Waals surface area contributed by atoms with Crippen molar-refractivity contribution in [2.75, 3.05) is 0 Å². The van der Waals surface area contributed by atoms with Crippen molar-refractivity contribution < 1.29 is 4.79 Å². The first-order valence-electron chi connectivity index (χ1n) is 4.59. The summed E-state index contributed by atoms with van der Waals surface area (Å²) in [6, 6.07) is 3.69. The van der Waals surface area contributed by atoms with Crippen LogP contribution in [0.3, 0.4) is 0 Å². The molecule has 0 aromatic carbocycles. The Kier molecular flexibility index (Phi) is 2.87. The molecule has 0 radical (unpaired) electrons. The number of carbonyl (C=O) groups is 1. The number of nitrogens with zero attached hydrogens (tertiary/aromatic N) is 2. The van der Waals surface area contributed by atoms with Crippen LogP contribution in [0.1, 0.15) is 20.9 Å². The summed E-state index contributed by atoms with van der Waals surface area (Å²) in [7, 11) is 0. The maximum Gasteiger partial charge on any atom is 0.186 e. The summed E-state index contributed by atoms with van der Waals surface area (Å²) < 4.78 is 0. The van der Waals surface area contributed by atoms with Gasteiger partial charge in [0.1, 0.15) is 5.69 Å². The second-order valence-electron chi connectivity index (χ2n) is 3.29. The standard InChI is InChI=1S/C11H10N2OS/c1-8-2-3-13-10(4-8)11(14)5-9-6-12-7-15-9/h2-4,6-7H,5H2,1H3. The minimum atomic E-state index is 0.0444. The van der Waals surface area contributed by atoms with Crippen molar-refractivity contribution >= 4 is 17.1 Å². The molecule has 0 amide bonds. The van der Waals surface area contributed by atoms with E-state index in [0.717, 1.165) is 10.4 Å². The Bertz CT molecular complexity index is 465. The molecule has 2 heterocycles. The molecule has 0 saturated carbocycles. The molecule has 2 rings (SSSR count). The Morgan fingerprint density at radius 1 is 1.53 bits per heavy atom. The average molecular weight is 218 g/mol. The highest BCUT2D eigenvalue weighted by Gasteiger charge is 2.09. The van der Waals surface area contributed by atoms with Crippen LogP contribution >= 0.6 is 11.3 Å². The number of ketones is 1. The Morgan fingerprint density at radius 3 is 3.07 bits per heavy atom. The molecule has 0 fully saturated rings. The fraction of sp³-hybridized carbons (Fsp3) is 0.182. The third-order valence-corrected chi connectivity index (χ3v) is 2.80. The Hall–Kier alpha value is -1.55. The van der Waals surface area contributed by atoms with Gasteiger partial charge < -0.3 is 0 Å². The first-order valence-corrected chi connectivity index (χ1v) is 5.47. The third kappa shape index (κ3) is 2.47. The lowest BCUT2D eigenvalue weighted by Crippen LogP contribution is -2.04. The number of thiazole rings is 1. The van der Waals surface area contributed by atoms with E-state index in [1.807, 2.05) is 19.1 Å². The van der Waals surface area contributed by atoms with Crippen molar-refractivity contribution in [1.82, 2.24) is 9.97 Å². The van der Waals surface area contributed by atoms with Gasteiger partial charge in [-0.05, 0) is 24.6 Å². The van der Waals surface area contributed by atoms with E-state index in [1.165, 1.54) is 11.3 Å². The maximum atomic E-state index is 11.8. The number of aromatic nitrogens is 2. The summed E-state index contributed by atoms with van der Waals surface area (Å²) in [6.45, 7) is 1.95. The Labute approximate surface area is 91.8 Å². The van der Waals surface area contributed by atoms with Crippen LogP contribution in [0, 0.1) is 6.92 Å². The van der Waals surface area contributed by atoms with Crippen LogP contribution in [0.15, 0.2) is 30.0 Å². The summed E-state index contributed by atoms with van der Waals surface area (Å²) in [5.74, 6) is 0.0444. The van der Waals surface area contributed by atoms with Crippen molar-refractivity contribution in [2.45, 2.75) is 13.3 Å². The Balaban J connectivity index is 2.15. The van der Waals surface area contributed by atoms with E-state index in [-0.39, 0.29) is 5.78 Å². The number of Topliss-reactive ketones (excluding diaryl/α,β-unsaturated/α-hetero) is 1. The van der Waals surface area contributed by atoms with E-state index in [9.17, 15) is 4.79 Å². The summed E-state index contributed by atoms with van der Waals surface area (Å²) in [4.78, 5) is 20.7. The average Bonchev–Trinajstić information content (AvgIpc) is 2.70. The summed E-state index contributed by atoms with van der Waals surface area (Å²) >= 11 is 1.49. The highest BCUT2D eigenvalue weighted by atomic mass is 32.1. The molecule has 0 aliphatic rings. The van der Waals surface area contributed by atoms with Crippen LogP contribution in [0.2, 0.25) is 0 Å². The molecule has 0 saturated heterocycles. The molecule has 4 heteroatoms. The van der Waals surface area contributed by atoms with Gasteiger partial charge in [-0.1, -0.05) is 0 Å². The minimum absolute atomic E-state index is 0.0444. The third-order valence-electron chi connectivity index (χ3n) is 2.02. The number of rotatable bonds is 3. The molecule has 0 aliphatic heterocycles. The molecule has 0 unspecified atom stereocenters. The molecular weight excluding hydrogens is 208 g/mol. The van der Waals surface area contributed by atoms with Crippen molar-refractivity contribution in [2.24, 2.45) is 0 Å². The maximum absolute atomic E-state index is 11.8. The molecule has 15 heavy (non-hydrogen) atoms. The van der Waals surface area contributed by atoms with Gasteiger partial charge in [0.25, 0.3) is 0 Å². The largest absolute Gasteiger partial charge is 0.292 e. The van der Waals surface area contributed by atoms with Gasteiger partial charge in [0.2, 0.25) is 0 Å². The smallest absolute Gasteiger partial charge is 0.186 e. The van der Waals surface area contributed by atoms with Crippen LogP contribution in [-0.2, 0) is 6.42 Å². The van der Waals surface area contributed by atoms with Gasteiger partial charge in [-0.15, -0.1) is 11.3 Å². The van der Waals surface area contributed by atoms with E-state index < -0.39 is 0 Å². The predicted octanol–water partition coefficient (Wildman–Crippen LogP) is 2.27. The minimum Gasteiger partial charge on any atom is -0.292 e. The zero-order valence-corrected chi connectivity index (χ0v) is 9.12. The fourth-order valence-corrected chi connectivity index (χ4v) is 1.86. The molecule has 3 nitrogen and oxygen atoms in total. The zero-order valence-electron chi connectivity index (χ0n) is 8.30. The van der Waals surface area contributed by atoms with Gasteiger partial charge >= 0.3 is 0 Å². The van der Waals surface area contributed by atoms with E-state index in [4.69, 9.17) is 0 Å². The van der Waals surface area contributed by atoms with Crippen molar-refractivity contribution in [3.8, 4) is 0 Å². The molecule has 0 bridgehead atoms. The fourth-order valence-electron chi connectivity index (χ4n) is 1.27. The Morgan fingerprint density at radius 2 is 2.40 bits per heavy atom. The van der Waals surface area contributed by atoms with Gasteiger partial charge in [0.05, 0.1) is 5.51 Å². The zero-order chi connectivity index (χ0) is 10.7. The number of aryl methyl sites for hydroxylation is 1. The van der Waals surface area contributed by atoms with Gasteiger partial charge in [-0.2, -0.15) is 0 Å². The van der Waals surface area contributed by atoms with Crippen LogP contribution in [0.5, 0.6) is 0 Å². The normalized spacial score (nSPS) is 10.2. The van der Waals surface area contributed by atoms with Crippen LogP contribution in [0.25, 0.3) is 0 Å². The van der Waals surface area contributed by atoms with Crippen LogP contribution in [-0.4, -0.2) is 15.8 Å². The highest BCUT2D eigenvalue weighted by molar-refractivity contribution is 7.09. The second kappa shape index (κ2) is 4.31. The molecule has 0 atom stereocenters. The number of hydrogen-bond acceptors (Lipinski definition) is 4. The quantitative estimate of drug-likeness (QED) is 0.742. The summed E-state index contributed by atoms with van der Waals surface area (Å²) in [5.41, 5.74) is 3.31. The summed E-state index contributed by atoms with van der Waals surface area (Å²) in [6.07, 6.45) is 3.77. The van der Waals surface area contributed by atoms with Gasteiger partial charge in [0, 0.05) is 23.7 Å². The number of hydrogen-bond donors (Lipinski definition) is 0. The molecule has 76 valence electrons. The van der Waals surface area contributed by atoms with E-state index >= 15 is 0 Å². The lowest BCUT2D eigenvalue weighted by molar-refractivity contribution is 0.0989. The number of carbonyl (C=O) groups excluding carboxylic acids is 1. The molecule has 2 aromatic heterocycles. The van der Waals surface area contributed by atoms with Gasteiger partial charge in [-0.25, -0.2) is 0 Å². The predicted molar refractivity (Wildman–Crippen MR) is 59.1 cm³/mol. The lowest BCUT2D eigenvalue weighted by Gasteiger charge is -1.98. The van der Waals surface area contributed by atoms with Crippen molar-refractivity contribution in [3.63, 3.8) is 0 Å². The summed E-state index contributed by atoms with van der Waals surface area (Å²) in [5, 5.41) is 0.